The first kappa shape index (κ1) is 21.7. The zero-order chi connectivity index (χ0) is 21.6. The fourth-order valence-corrected chi connectivity index (χ4v) is 2.87. The number of amides is 1. The predicted octanol–water partition coefficient (Wildman–Crippen LogP) is 4.48. The lowest BCUT2D eigenvalue weighted by atomic mass is 9.87. The molecule has 152 valence electrons. The van der Waals surface area contributed by atoms with Crippen LogP contribution in [0.25, 0.3) is 0 Å². The van der Waals surface area contributed by atoms with E-state index >= 15 is 0 Å². The summed E-state index contributed by atoms with van der Waals surface area (Å²) in [5, 5.41) is 24.1. The van der Waals surface area contributed by atoms with Crippen LogP contribution < -0.4 is 10.1 Å². The first-order chi connectivity index (χ1) is 13.7. The second kappa shape index (κ2) is 9.06. The van der Waals surface area contributed by atoms with E-state index in [9.17, 15) is 20.2 Å². The van der Waals surface area contributed by atoms with E-state index < -0.39 is 28.6 Å². The molecule has 0 unspecified atom stereocenters. The normalized spacial score (nSPS) is 12.9. The van der Waals surface area contributed by atoms with Gasteiger partial charge in [0.2, 0.25) is 0 Å². The number of carbonyl (C=O) groups is 1. The van der Waals surface area contributed by atoms with E-state index in [1.807, 2.05) is 0 Å². The van der Waals surface area contributed by atoms with Crippen molar-refractivity contribution in [2.75, 3.05) is 7.11 Å². The minimum Gasteiger partial charge on any atom is -0.497 e. The van der Waals surface area contributed by atoms with Gasteiger partial charge in [-0.2, -0.15) is 5.26 Å². The summed E-state index contributed by atoms with van der Waals surface area (Å²) < 4.78 is 10.6. The number of alkyl carbamates (subject to hydrolysis) is 1. The van der Waals surface area contributed by atoms with Gasteiger partial charge < -0.3 is 14.8 Å². The summed E-state index contributed by atoms with van der Waals surface area (Å²) in [6, 6.07) is 14.0. The molecule has 2 atom stereocenters. The van der Waals surface area contributed by atoms with Crippen LogP contribution in [0.15, 0.2) is 48.5 Å². The summed E-state index contributed by atoms with van der Waals surface area (Å²) in [7, 11) is 1.50. The van der Waals surface area contributed by atoms with Crippen molar-refractivity contribution in [3.8, 4) is 11.8 Å². The Morgan fingerprint density at radius 3 is 2.48 bits per heavy atom. The second-order valence-corrected chi connectivity index (χ2v) is 7.32. The lowest BCUT2D eigenvalue weighted by molar-refractivity contribution is -0.385. The Bertz CT molecular complexity index is 930. The van der Waals surface area contributed by atoms with Crippen molar-refractivity contribution in [2.45, 2.75) is 38.3 Å². The smallest absolute Gasteiger partial charge is 0.408 e. The number of para-hydroxylation sites is 1. The van der Waals surface area contributed by atoms with Crippen LogP contribution in [0.3, 0.4) is 0 Å². The van der Waals surface area contributed by atoms with Gasteiger partial charge in [0.05, 0.1) is 24.1 Å². The van der Waals surface area contributed by atoms with E-state index in [0.29, 0.717) is 11.3 Å². The number of ether oxygens (including phenoxy) is 2. The molecule has 1 N–H and O–H groups in total. The zero-order valence-electron chi connectivity index (χ0n) is 16.7. The fourth-order valence-electron chi connectivity index (χ4n) is 2.87. The van der Waals surface area contributed by atoms with Gasteiger partial charge in [-0.15, -0.1) is 0 Å². The SMILES string of the molecule is COc1cccc([C@@H](NC(=O)OC(C)(C)C)[C@H](C#N)c2ccccc2[N+](=O)[O-])c1. The van der Waals surface area contributed by atoms with E-state index in [1.165, 1.54) is 25.3 Å². The average Bonchev–Trinajstić information content (AvgIpc) is 2.66. The lowest BCUT2D eigenvalue weighted by Crippen LogP contribution is -2.37. The standard InChI is InChI=1S/C21H23N3O5/c1-21(2,3)29-20(25)23-19(14-8-7-9-15(12-14)28-4)17(13-22)16-10-5-6-11-18(16)24(26)27/h5-12,17,19H,1-4H3,(H,23,25)/t17-,19-/m1/s1. The number of methoxy groups -OCH3 is 1. The van der Waals surface area contributed by atoms with Crippen LogP contribution in [-0.4, -0.2) is 23.7 Å². The monoisotopic (exact) mass is 397 g/mol. The third-order valence-corrected chi connectivity index (χ3v) is 4.07. The number of hydrogen-bond acceptors (Lipinski definition) is 6. The summed E-state index contributed by atoms with van der Waals surface area (Å²) in [5.41, 5.74) is -0.189. The van der Waals surface area contributed by atoms with Gasteiger partial charge in [0.1, 0.15) is 17.3 Å². The molecule has 0 aliphatic heterocycles. The molecular formula is C21H23N3O5. The van der Waals surface area contributed by atoms with Crippen LogP contribution in [0, 0.1) is 21.4 Å². The number of hydrogen-bond donors (Lipinski definition) is 1. The quantitative estimate of drug-likeness (QED) is 0.568. The van der Waals surface area contributed by atoms with E-state index in [4.69, 9.17) is 9.47 Å². The van der Waals surface area contributed by atoms with Gasteiger partial charge in [-0.1, -0.05) is 30.3 Å². The van der Waals surface area contributed by atoms with E-state index in [-0.39, 0.29) is 11.3 Å². The molecule has 8 heteroatoms. The maximum Gasteiger partial charge on any atom is 0.408 e. The van der Waals surface area contributed by atoms with Crippen molar-refractivity contribution in [1.82, 2.24) is 5.32 Å². The van der Waals surface area contributed by atoms with Gasteiger partial charge in [-0.3, -0.25) is 10.1 Å². The molecule has 0 radical (unpaired) electrons. The van der Waals surface area contributed by atoms with Crippen LogP contribution in [0.1, 0.15) is 43.9 Å². The van der Waals surface area contributed by atoms with Gasteiger partial charge in [-0.25, -0.2) is 4.79 Å². The van der Waals surface area contributed by atoms with Crippen LogP contribution >= 0.6 is 0 Å². The molecule has 29 heavy (non-hydrogen) atoms. The first-order valence-corrected chi connectivity index (χ1v) is 8.92. The third kappa shape index (κ3) is 5.69. The summed E-state index contributed by atoms with van der Waals surface area (Å²) in [6.07, 6.45) is -0.732. The highest BCUT2D eigenvalue weighted by Gasteiger charge is 2.33. The van der Waals surface area contributed by atoms with E-state index in [2.05, 4.69) is 11.4 Å². The Labute approximate surface area is 169 Å². The number of nitrogens with zero attached hydrogens (tertiary/aromatic N) is 2. The lowest BCUT2D eigenvalue weighted by Gasteiger charge is -2.27. The number of nitro benzene ring substituents is 1. The van der Waals surface area contributed by atoms with Crippen LogP contribution in [-0.2, 0) is 4.74 Å². The minimum atomic E-state index is -1.03. The van der Waals surface area contributed by atoms with Gasteiger partial charge in [-0.05, 0) is 38.5 Å². The van der Waals surface area contributed by atoms with Crippen molar-refractivity contribution >= 4 is 11.8 Å². The van der Waals surface area contributed by atoms with Crippen LogP contribution in [0.2, 0.25) is 0 Å². The number of rotatable bonds is 6. The molecule has 0 aromatic heterocycles. The molecule has 0 aliphatic rings. The Morgan fingerprint density at radius 2 is 1.90 bits per heavy atom. The Morgan fingerprint density at radius 1 is 1.21 bits per heavy atom. The molecule has 0 saturated heterocycles. The van der Waals surface area contributed by atoms with Crippen molar-refractivity contribution in [1.29, 1.82) is 5.26 Å². The topological polar surface area (TPSA) is 114 Å². The molecule has 0 spiro atoms. The summed E-state index contributed by atoms with van der Waals surface area (Å²) in [5.74, 6) is -0.506. The molecule has 0 aliphatic carbocycles. The summed E-state index contributed by atoms with van der Waals surface area (Å²) >= 11 is 0. The Kier molecular flexibility index (Phi) is 6.78. The highest BCUT2D eigenvalue weighted by molar-refractivity contribution is 5.69. The molecule has 1 amide bonds. The van der Waals surface area contributed by atoms with Gasteiger partial charge >= 0.3 is 6.09 Å². The molecule has 2 rings (SSSR count). The maximum absolute atomic E-state index is 12.5. The minimum absolute atomic E-state index is 0.196. The Balaban J connectivity index is 2.54. The molecule has 2 aromatic carbocycles. The second-order valence-electron chi connectivity index (χ2n) is 7.32. The highest BCUT2D eigenvalue weighted by atomic mass is 16.6. The Hall–Kier alpha value is -3.60. The molecule has 8 nitrogen and oxygen atoms in total. The number of nitriles is 1. The third-order valence-electron chi connectivity index (χ3n) is 4.07. The van der Waals surface area contributed by atoms with Crippen LogP contribution in [0.4, 0.5) is 10.5 Å². The van der Waals surface area contributed by atoms with Crippen LogP contribution in [0.5, 0.6) is 5.75 Å². The average molecular weight is 397 g/mol. The molecule has 2 aromatic rings. The van der Waals surface area contributed by atoms with Crippen molar-refractivity contribution in [3.05, 3.63) is 69.8 Å². The largest absolute Gasteiger partial charge is 0.497 e. The van der Waals surface area contributed by atoms with Crippen molar-refractivity contribution < 1.29 is 19.2 Å². The zero-order valence-corrected chi connectivity index (χ0v) is 16.7. The summed E-state index contributed by atoms with van der Waals surface area (Å²) in [4.78, 5) is 23.4. The fraction of sp³-hybridized carbons (Fsp3) is 0.333. The maximum atomic E-state index is 12.5. The molecule has 0 bridgehead atoms. The molecule has 0 heterocycles. The van der Waals surface area contributed by atoms with Gasteiger partial charge in [0.15, 0.2) is 0 Å². The predicted molar refractivity (Wildman–Crippen MR) is 107 cm³/mol. The number of benzene rings is 2. The number of nitro groups is 1. The van der Waals surface area contributed by atoms with E-state index in [0.717, 1.165) is 0 Å². The summed E-state index contributed by atoms with van der Waals surface area (Å²) in [6.45, 7) is 5.16. The number of nitrogens with one attached hydrogen (secondary N) is 1. The molecule has 0 saturated carbocycles. The highest BCUT2D eigenvalue weighted by Crippen LogP contribution is 2.36. The van der Waals surface area contributed by atoms with Crippen molar-refractivity contribution in [2.24, 2.45) is 0 Å². The van der Waals surface area contributed by atoms with Gasteiger partial charge in [0, 0.05) is 11.6 Å². The van der Waals surface area contributed by atoms with Gasteiger partial charge in [0.25, 0.3) is 5.69 Å². The number of carbonyl (C=O) groups excluding carboxylic acids is 1. The first-order valence-electron chi connectivity index (χ1n) is 8.92. The van der Waals surface area contributed by atoms with Crippen molar-refractivity contribution in [3.63, 3.8) is 0 Å². The van der Waals surface area contributed by atoms with E-state index in [1.54, 1.807) is 51.1 Å². The molecule has 0 fully saturated rings. The molecular weight excluding hydrogens is 374 g/mol.